The van der Waals surface area contributed by atoms with Gasteiger partial charge in [0.1, 0.15) is 11.0 Å². The first kappa shape index (κ1) is 16.3. The van der Waals surface area contributed by atoms with E-state index in [1.807, 2.05) is 0 Å². The summed E-state index contributed by atoms with van der Waals surface area (Å²) in [6, 6.07) is 1.50. The molecule has 0 aromatic carbocycles. The summed E-state index contributed by atoms with van der Waals surface area (Å²) in [7, 11) is 0. The first-order chi connectivity index (χ1) is 9.88. The quantitative estimate of drug-likeness (QED) is 0.800. The van der Waals surface area contributed by atoms with Crippen molar-refractivity contribution < 1.29 is 13.2 Å². The van der Waals surface area contributed by atoms with Crippen molar-refractivity contribution in [2.75, 3.05) is 5.32 Å². The van der Waals surface area contributed by atoms with Gasteiger partial charge in [-0.25, -0.2) is 9.97 Å². The molecule has 0 saturated heterocycles. The number of nitrogens with one attached hydrogen (secondary N) is 1. The topological polar surface area (TPSA) is 37.8 Å². The van der Waals surface area contributed by atoms with Gasteiger partial charge in [-0.3, -0.25) is 0 Å². The second-order valence-electron chi connectivity index (χ2n) is 5.55. The van der Waals surface area contributed by atoms with Crippen LogP contribution in [0.2, 0.25) is 5.15 Å². The number of nitrogens with zero attached hydrogens (tertiary/aromatic N) is 2. The summed E-state index contributed by atoms with van der Waals surface area (Å²) < 4.78 is 38.0. The summed E-state index contributed by atoms with van der Waals surface area (Å²) in [6.07, 6.45) is 1.94. The molecule has 0 amide bonds. The molecule has 3 nitrogen and oxygen atoms in total. The molecule has 0 unspecified atom stereocenters. The lowest BCUT2D eigenvalue weighted by molar-refractivity contribution is -0.144. The van der Waals surface area contributed by atoms with Gasteiger partial charge < -0.3 is 5.32 Å². The molecule has 1 saturated carbocycles. The van der Waals surface area contributed by atoms with Crippen LogP contribution in [-0.2, 0) is 6.18 Å². The molecular weight excluding hydrogens is 303 g/mol. The molecule has 7 heteroatoms. The van der Waals surface area contributed by atoms with Gasteiger partial charge in [0.05, 0.1) is 0 Å². The fourth-order valence-electron chi connectivity index (χ4n) is 2.83. The monoisotopic (exact) mass is 321 g/mol. The zero-order valence-electron chi connectivity index (χ0n) is 11.9. The second kappa shape index (κ2) is 6.81. The summed E-state index contributed by atoms with van der Waals surface area (Å²) >= 11 is 5.65. The van der Waals surface area contributed by atoms with E-state index in [2.05, 4.69) is 22.2 Å². The zero-order valence-corrected chi connectivity index (χ0v) is 12.6. The summed E-state index contributed by atoms with van der Waals surface area (Å²) in [6.45, 7) is 2.17. The van der Waals surface area contributed by atoms with Crippen LogP contribution < -0.4 is 5.32 Å². The van der Waals surface area contributed by atoms with Gasteiger partial charge in [-0.2, -0.15) is 13.2 Å². The number of rotatable bonds is 4. The van der Waals surface area contributed by atoms with Crippen LogP contribution in [0.1, 0.15) is 51.3 Å². The maximum absolute atomic E-state index is 12.7. The Balaban J connectivity index is 1.99. The highest BCUT2D eigenvalue weighted by Gasteiger charge is 2.35. The van der Waals surface area contributed by atoms with Crippen LogP contribution >= 0.6 is 11.6 Å². The lowest BCUT2D eigenvalue weighted by Crippen LogP contribution is -2.27. The van der Waals surface area contributed by atoms with Crippen LogP contribution in [0, 0.1) is 5.92 Å². The van der Waals surface area contributed by atoms with E-state index in [-0.39, 0.29) is 17.0 Å². The Kier molecular flexibility index (Phi) is 5.30. The minimum absolute atomic E-state index is 0.154. The lowest BCUT2D eigenvalue weighted by atomic mass is 9.83. The van der Waals surface area contributed by atoms with E-state index in [4.69, 9.17) is 11.6 Å². The molecule has 0 spiro atoms. The molecule has 0 radical (unpaired) electrons. The SMILES string of the molecule is CCCC1CCC(Nc2cc(Cl)nc(C(F)(F)F)n2)CC1. The fraction of sp³-hybridized carbons (Fsp3) is 0.714. The van der Waals surface area contributed by atoms with Gasteiger partial charge in [0.15, 0.2) is 0 Å². The van der Waals surface area contributed by atoms with Gasteiger partial charge in [0, 0.05) is 12.1 Å². The summed E-state index contributed by atoms with van der Waals surface area (Å²) in [4.78, 5) is 6.75. The molecule has 1 N–H and O–H groups in total. The third-order valence-corrected chi connectivity index (χ3v) is 4.04. The Morgan fingerprint density at radius 2 is 1.90 bits per heavy atom. The van der Waals surface area contributed by atoms with Gasteiger partial charge in [-0.1, -0.05) is 31.4 Å². The maximum Gasteiger partial charge on any atom is 0.451 e. The van der Waals surface area contributed by atoms with Crippen molar-refractivity contribution in [3.05, 3.63) is 17.0 Å². The van der Waals surface area contributed by atoms with Crippen molar-refractivity contribution in [1.29, 1.82) is 0 Å². The van der Waals surface area contributed by atoms with E-state index in [1.54, 1.807) is 0 Å². The van der Waals surface area contributed by atoms with Crippen LogP contribution in [-0.4, -0.2) is 16.0 Å². The first-order valence-electron chi connectivity index (χ1n) is 7.26. The van der Waals surface area contributed by atoms with Crippen molar-refractivity contribution in [2.45, 2.75) is 57.7 Å². The van der Waals surface area contributed by atoms with E-state index >= 15 is 0 Å². The molecule has 0 aliphatic heterocycles. The van der Waals surface area contributed by atoms with Crippen molar-refractivity contribution in [2.24, 2.45) is 5.92 Å². The van der Waals surface area contributed by atoms with Gasteiger partial charge in [-0.05, 0) is 31.6 Å². The van der Waals surface area contributed by atoms with E-state index in [0.29, 0.717) is 0 Å². The third kappa shape index (κ3) is 4.73. The Labute approximate surface area is 127 Å². The van der Waals surface area contributed by atoms with Crippen LogP contribution in [0.4, 0.5) is 19.0 Å². The first-order valence-corrected chi connectivity index (χ1v) is 7.64. The summed E-state index contributed by atoms with van der Waals surface area (Å²) in [5, 5.41) is 2.87. The van der Waals surface area contributed by atoms with Crippen molar-refractivity contribution >= 4 is 17.4 Å². The highest BCUT2D eigenvalue weighted by atomic mass is 35.5. The molecule has 0 atom stereocenters. The molecule has 1 aromatic heterocycles. The number of halogens is 4. The number of hydrogen-bond acceptors (Lipinski definition) is 3. The van der Waals surface area contributed by atoms with E-state index < -0.39 is 12.0 Å². The predicted molar refractivity (Wildman–Crippen MR) is 76.3 cm³/mol. The molecule has 1 aliphatic carbocycles. The van der Waals surface area contributed by atoms with E-state index in [9.17, 15) is 13.2 Å². The van der Waals surface area contributed by atoms with Crippen LogP contribution in [0.15, 0.2) is 6.07 Å². The number of aromatic nitrogens is 2. The average Bonchev–Trinajstić information content (AvgIpc) is 2.40. The second-order valence-corrected chi connectivity index (χ2v) is 5.94. The molecule has 2 rings (SSSR count). The predicted octanol–water partition coefficient (Wildman–Crippen LogP) is 4.92. The number of hydrogen-bond donors (Lipinski definition) is 1. The van der Waals surface area contributed by atoms with Crippen LogP contribution in [0.3, 0.4) is 0 Å². The summed E-state index contributed by atoms with van der Waals surface area (Å²) in [5.74, 6) is -0.300. The van der Waals surface area contributed by atoms with Gasteiger partial charge in [-0.15, -0.1) is 0 Å². The van der Waals surface area contributed by atoms with Gasteiger partial charge >= 0.3 is 6.18 Å². The molecule has 1 heterocycles. The minimum atomic E-state index is -4.58. The Bertz CT molecular complexity index is 471. The molecular formula is C14H19ClF3N3. The zero-order chi connectivity index (χ0) is 15.5. The maximum atomic E-state index is 12.7. The van der Waals surface area contributed by atoms with Crippen LogP contribution in [0.5, 0.6) is 0 Å². The molecule has 0 bridgehead atoms. The highest BCUT2D eigenvalue weighted by molar-refractivity contribution is 6.29. The molecule has 118 valence electrons. The van der Waals surface area contributed by atoms with Crippen molar-refractivity contribution in [3.8, 4) is 0 Å². The smallest absolute Gasteiger partial charge is 0.367 e. The average molecular weight is 322 g/mol. The van der Waals surface area contributed by atoms with E-state index in [0.717, 1.165) is 31.6 Å². The van der Waals surface area contributed by atoms with Gasteiger partial charge in [0.2, 0.25) is 5.82 Å². The molecule has 21 heavy (non-hydrogen) atoms. The normalized spacial score (nSPS) is 23.1. The molecule has 1 aliphatic rings. The number of anilines is 1. The van der Waals surface area contributed by atoms with Crippen molar-refractivity contribution in [3.63, 3.8) is 0 Å². The standard InChI is InChI=1S/C14H19ClF3N3/c1-2-3-9-4-6-10(7-5-9)19-12-8-11(15)20-13(21-12)14(16,17)18/h8-10H,2-7H2,1H3,(H,19,20,21). The number of alkyl halides is 3. The van der Waals surface area contributed by atoms with E-state index in [1.165, 1.54) is 18.9 Å². The van der Waals surface area contributed by atoms with Crippen molar-refractivity contribution in [1.82, 2.24) is 9.97 Å². The minimum Gasteiger partial charge on any atom is -0.367 e. The largest absolute Gasteiger partial charge is 0.451 e. The van der Waals surface area contributed by atoms with Crippen LogP contribution in [0.25, 0.3) is 0 Å². The summed E-state index contributed by atoms with van der Waals surface area (Å²) in [5.41, 5.74) is 0. The molecule has 1 fully saturated rings. The third-order valence-electron chi connectivity index (χ3n) is 3.84. The fourth-order valence-corrected chi connectivity index (χ4v) is 3.01. The Morgan fingerprint density at radius 1 is 1.24 bits per heavy atom. The lowest BCUT2D eigenvalue weighted by Gasteiger charge is -2.29. The highest BCUT2D eigenvalue weighted by Crippen LogP contribution is 2.31. The Morgan fingerprint density at radius 3 is 2.48 bits per heavy atom. The Hall–Kier alpha value is -1.04. The van der Waals surface area contributed by atoms with Gasteiger partial charge in [0.25, 0.3) is 0 Å². The molecule has 1 aromatic rings.